The Morgan fingerprint density at radius 1 is 1.00 bits per heavy atom. The molecule has 3 fully saturated rings. The van der Waals surface area contributed by atoms with E-state index in [0.29, 0.717) is 29.2 Å². The average molecular weight is 653 g/mol. The van der Waals surface area contributed by atoms with Gasteiger partial charge in [-0.15, -0.1) is 0 Å². The number of phenols is 1. The van der Waals surface area contributed by atoms with Gasteiger partial charge in [0.1, 0.15) is 11.6 Å². The van der Waals surface area contributed by atoms with E-state index in [0.717, 1.165) is 78.7 Å². The van der Waals surface area contributed by atoms with Crippen LogP contribution in [0.4, 0.5) is 16.3 Å². The molecule has 0 atom stereocenters. The number of carbonyl (C=O) groups excluding carboxylic acids is 2. The van der Waals surface area contributed by atoms with Crippen LogP contribution in [0.1, 0.15) is 36.4 Å². The van der Waals surface area contributed by atoms with Crippen LogP contribution in [0.25, 0.3) is 22.2 Å². The average Bonchev–Trinajstić information content (AvgIpc) is 3.69. The molecule has 2 aromatic heterocycles. The van der Waals surface area contributed by atoms with Crippen LogP contribution in [-0.4, -0.2) is 86.9 Å². The standard InChI is InChI=1S/C34H41N11O3/c1-41-31-25(33(40-41)43-12-9-30(47)39-34(43)48)6-4-7-28(31)42-13-17-45(18-14-42)15-10-23(11-16-45)44-21-22(20-38-44)26(32(36)37)19-27(35)24-5-2-3-8-29(24)46/h2-8,19-21,23H,9-18,35-37H2,1H3,(H-,39,46,47,48)/p+1/b27-19-. The molecule has 8 N–H and O–H groups in total. The molecule has 0 radical (unpaired) electrons. The second-order valence-electron chi connectivity index (χ2n) is 13.0. The molecule has 3 amide bonds. The Bertz CT molecular complexity index is 1940. The molecule has 3 saturated heterocycles. The molecule has 14 nitrogen and oxygen atoms in total. The largest absolute Gasteiger partial charge is 0.507 e. The molecule has 0 unspecified atom stereocenters. The lowest BCUT2D eigenvalue weighted by molar-refractivity contribution is -0.933. The molecule has 3 aliphatic heterocycles. The van der Waals surface area contributed by atoms with Crippen LogP contribution in [0.15, 0.2) is 66.8 Å². The van der Waals surface area contributed by atoms with Crippen molar-refractivity contribution < 1.29 is 19.2 Å². The number of allylic oxidation sites excluding steroid dienone is 2. The van der Waals surface area contributed by atoms with E-state index in [-0.39, 0.29) is 29.9 Å². The third kappa shape index (κ3) is 5.68. The summed E-state index contributed by atoms with van der Waals surface area (Å²) in [6.45, 7) is 6.38. The monoisotopic (exact) mass is 652 g/mol. The molecule has 0 saturated carbocycles. The third-order valence-corrected chi connectivity index (χ3v) is 10.1. The number of nitrogens with one attached hydrogen (secondary N) is 1. The number of aryl methyl sites for hydroxylation is 1. The van der Waals surface area contributed by atoms with Gasteiger partial charge < -0.3 is 31.7 Å². The van der Waals surface area contributed by atoms with Crippen molar-refractivity contribution in [3.63, 3.8) is 0 Å². The fraction of sp³-hybridized carbons (Fsp3) is 0.353. The second-order valence-corrected chi connectivity index (χ2v) is 13.0. The van der Waals surface area contributed by atoms with Crippen molar-refractivity contribution in [2.75, 3.05) is 55.6 Å². The molecular formula is C34H42N11O3+. The number of aromatic nitrogens is 4. The molecule has 7 rings (SSSR count). The highest BCUT2D eigenvalue weighted by atomic mass is 16.3. The lowest BCUT2D eigenvalue weighted by Crippen LogP contribution is -2.62. The first kappa shape index (κ1) is 31.1. The maximum Gasteiger partial charge on any atom is 0.329 e. The number of imide groups is 1. The zero-order valence-corrected chi connectivity index (χ0v) is 27.0. The zero-order valence-electron chi connectivity index (χ0n) is 27.0. The zero-order chi connectivity index (χ0) is 33.6. The van der Waals surface area contributed by atoms with Crippen molar-refractivity contribution in [1.29, 1.82) is 0 Å². The molecule has 5 heterocycles. The maximum atomic E-state index is 12.6. The summed E-state index contributed by atoms with van der Waals surface area (Å²) in [6, 6.07) is 12.9. The van der Waals surface area contributed by atoms with E-state index in [1.54, 1.807) is 35.4 Å². The van der Waals surface area contributed by atoms with Gasteiger partial charge in [0.05, 0.1) is 62.7 Å². The number of aromatic hydroxyl groups is 1. The predicted octanol–water partition coefficient (Wildman–Crippen LogP) is 2.18. The number of anilines is 2. The Morgan fingerprint density at radius 2 is 1.75 bits per heavy atom. The number of phenolic OH excluding ortho intramolecular Hbond substituents is 1. The van der Waals surface area contributed by atoms with E-state index in [4.69, 9.17) is 27.4 Å². The number of nitrogens with two attached hydrogens (primary N) is 3. The minimum absolute atomic E-state index is 0.0862. The van der Waals surface area contributed by atoms with Crippen LogP contribution in [0, 0.1) is 0 Å². The van der Waals surface area contributed by atoms with Crippen LogP contribution >= 0.6 is 0 Å². The van der Waals surface area contributed by atoms with Gasteiger partial charge in [-0.1, -0.05) is 18.2 Å². The first-order valence-corrected chi connectivity index (χ1v) is 16.3. The molecule has 0 bridgehead atoms. The fourth-order valence-electron chi connectivity index (χ4n) is 7.42. The van der Waals surface area contributed by atoms with Gasteiger partial charge in [-0.25, -0.2) is 4.79 Å². The lowest BCUT2D eigenvalue weighted by Gasteiger charge is -2.48. The van der Waals surface area contributed by atoms with Gasteiger partial charge in [-0.2, -0.15) is 10.2 Å². The smallest absolute Gasteiger partial charge is 0.329 e. The van der Waals surface area contributed by atoms with E-state index in [1.807, 2.05) is 40.8 Å². The normalized spacial score (nSPS) is 18.8. The van der Waals surface area contributed by atoms with Gasteiger partial charge in [0.2, 0.25) is 5.91 Å². The number of hydrogen-bond donors (Lipinski definition) is 5. The van der Waals surface area contributed by atoms with Crippen LogP contribution in [0.5, 0.6) is 5.75 Å². The minimum Gasteiger partial charge on any atom is -0.507 e. The van der Waals surface area contributed by atoms with Crippen molar-refractivity contribution in [1.82, 2.24) is 24.9 Å². The van der Waals surface area contributed by atoms with Gasteiger partial charge in [-0.3, -0.25) is 24.4 Å². The number of fused-ring (bicyclic) bond motifs is 1. The number of amides is 3. The molecule has 2 aromatic carbocycles. The molecule has 4 aromatic rings. The van der Waals surface area contributed by atoms with Gasteiger partial charge in [-0.05, 0) is 30.3 Å². The highest BCUT2D eigenvalue weighted by Gasteiger charge is 2.38. The Morgan fingerprint density at radius 3 is 2.46 bits per heavy atom. The maximum absolute atomic E-state index is 12.6. The van der Waals surface area contributed by atoms with Crippen molar-refractivity contribution in [3.8, 4) is 5.75 Å². The summed E-state index contributed by atoms with van der Waals surface area (Å²) in [4.78, 5) is 28.3. The Kier molecular flexibility index (Phi) is 7.95. The van der Waals surface area contributed by atoms with Gasteiger partial charge in [0.25, 0.3) is 0 Å². The van der Waals surface area contributed by atoms with Crippen LogP contribution in [0.3, 0.4) is 0 Å². The minimum atomic E-state index is -0.429. The quantitative estimate of drug-likeness (QED) is 0.154. The highest BCUT2D eigenvalue weighted by molar-refractivity contribution is 6.10. The second kappa shape index (κ2) is 12.3. The summed E-state index contributed by atoms with van der Waals surface area (Å²) >= 11 is 0. The summed E-state index contributed by atoms with van der Waals surface area (Å²) < 4.78 is 4.95. The van der Waals surface area contributed by atoms with Crippen LogP contribution < -0.4 is 32.3 Å². The summed E-state index contributed by atoms with van der Waals surface area (Å²) in [6.07, 6.45) is 7.71. The number of piperazine rings is 1. The predicted molar refractivity (Wildman–Crippen MR) is 184 cm³/mol. The molecule has 48 heavy (non-hydrogen) atoms. The van der Waals surface area contributed by atoms with Gasteiger partial charge in [0, 0.05) is 66.8 Å². The molecule has 250 valence electrons. The molecule has 0 aliphatic carbocycles. The summed E-state index contributed by atoms with van der Waals surface area (Å²) in [5.41, 5.74) is 22.8. The number of para-hydroxylation sites is 2. The van der Waals surface area contributed by atoms with E-state index >= 15 is 0 Å². The first-order chi connectivity index (χ1) is 23.1. The summed E-state index contributed by atoms with van der Waals surface area (Å²) in [5, 5.41) is 22.9. The Hall–Kier alpha value is -5.50. The number of benzene rings is 2. The third-order valence-electron chi connectivity index (χ3n) is 10.1. The molecule has 1 spiro atoms. The fourth-order valence-corrected chi connectivity index (χ4v) is 7.42. The van der Waals surface area contributed by atoms with Crippen molar-refractivity contribution in [2.45, 2.75) is 25.3 Å². The number of nitrogens with zero attached hydrogens (tertiary/aromatic N) is 7. The number of urea groups is 1. The number of carbonyl (C=O) groups is 2. The van der Waals surface area contributed by atoms with Crippen LogP contribution in [-0.2, 0) is 11.8 Å². The highest BCUT2D eigenvalue weighted by Crippen LogP contribution is 2.36. The summed E-state index contributed by atoms with van der Waals surface area (Å²) in [5.74, 6) is 0.535. The lowest BCUT2D eigenvalue weighted by atomic mass is 10.00. The Balaban J connectivity index is 1.01. The number of hydrogen-bond acceptors (Lipinski definition) is 9. The first-order valence-electron chi connectivity index (χ1n) is 16.3. The van der Waals surface area contributed by atoms with Crippen LogP contribution in [0.2, 0.25) is 0 Å². The van der Waals surface area contributed by atoms with E-state index in [9.17, 15) is 14.7 Å². The SMILES string of the molecule is Cn1nc(N2CCC(=O)NC2=O)c2cccc(N3CC[N+]4(CCC(n5cc(C(/C=C(\N)c6ccccc6O)=C(N)N)cn5)CC4)CC3)c21. The Labute approximate surface area is 278 Å². The van der Waals surface area contributed by atoms with Crippen molar-refractivity contribution in [2.24, 2.45) is 24.2 Å². The van der Waals surface area contributed by atoms with Gasteiger partial charge in [0.15, 0.2) is 5.82 Å². The van der Waals surface area contributed by atoms with E-state index in [2.05, 4.69) is 16.3 Å². The number of piperidine rings is 1. The van der Waals surface area contributed by atoms with Gasteiger partial charge >= 0.3 is 6.03 Å². The molecular weight excluding hydrogens is 610 g/mol. The molecule has 3 aliphatic rings. The topological polar surface area (TPSA) is 187 Å². The van der Waals surface area contributed by atoms with Crippen molar-refractivity contribution in [3.05, 3.63) is 77.9 Å². The molecule has 14 heteroatoms. The summed E-state index contributed by atoms with van der Waals surface area (Å²) in [7, 11) is 1.91. The number of quaternary nitrogens is 1. The van der Waals surface area contributed by atoms with E-state index in [1.165, 1.54) is 0 Å². The van der Waals surface area contributed by atoms with Crippen molar-refractivity contribution >= 4 is 45.6 Å². The van der Waals surface area contributed by atoms with E-state index < -0.39 is 6.03 Å². The number of rotatable bonds is 6.